The highest BCUT2D eigenvalue weighted by Crippen LogP contribution is 2.35. The van der Waals surface area contributed by atoms with Crippen LogP contribution in [0.5, 0.6) is 0 Å². The summed E-state index contributed by atoms with van der Waals surface area (Å²) in [6, 6.07) is 4.72. The van der Waals surface area contributed by atoms with Crippen LogP contribution in [-0.2, 0) is 6.18 Å². The molecule has 1 aromatic carbocycles. The number of amides is 1. The summed E-state index contributed by atoms with van der Waals surface area (Å²) in [6.07, 6.45) is -3.20. The van der Waals surface area contributed by atoms with Crippen molar-refractivity contribution in [1.29, 1.82) is 0 Å². The Kier molecular flexibility index (Phi) is 6.75. The lowest BCUT2D eigenvalue weighted by atomic mass is 9.93. The second-order valence-electron chi connectivity index (χ2n) is 5.91. The first-order valence-electron chi connectivity index (χ1n) is 8.64. The van der Waals surface area contributed by atoms with E-state index < -0.39 is 16.8 Å². The van der Waals surface area contributed by atoms with Crippen LogP contribution in [-0.4, -0.2) is 29.1 Å². The second-order valence-corrected chi connectivity index (χ2v) is 6.32. The van der Waals surface area contributed by atoms with Gasteiger partial charge in [-0.2, -0.15) is 13.2 Å². The van der Waals surface area contributed by atoms with Crippen LogP contribution in [0.1, 0.15) is 54.2 Å². The molecule has 0 atom stereocenters. The molecule has 2 aromatic rings. The summed E-state index contributed by atoms with van der Waals surface area (Å²) in [5.74, 6) is 0.0444. The molecular formula is C18H21ClF3N3O2. The monoisotopic (exact) mass is 403 g/mol. The third-order valence-electron chi connectivity index (χ3n) is 4.27. The summed E-state index contributed by atoms with van der Waals surface area (Å²) in [5, 5.41) is 3.40. The summed E-state index contributed by atoms with van der Waals surface area (Å²) in [6.45, 7) is 4.93. The Morgan fingerprint density at radius 3 is 2.37 bits per heavy atom. The van der Waals surface area contributed by atoms with Gasteiger partial charge in [-0.05, 0) is 31.0 Å². The number of nitrogen functional groups attached to an aromatic ring is 1. The Bertz CT molecular complexity index is 784. The third-order valence-corrected chi connectivity index (χ3v) is 4.58. The van der Waals surface area contributed by atoms with Crippen LogP contribution < -0.4 is 5.73 Å². The van der Waals surface area contributed by atoms with Crippen molar-refractivity contribution in [1.82, 2.24) is 10.1 Å². The molecule has 1 amide bonds. The molecule has 0 unspecified atom stereocenters. The number of aromatic nitrogens is 1. The molecule has 0 radical (unpaired) electrons. The lowest BCUT2D eigenvalue weighted by molar-refractivity contribution is -0.137. The van der Waals surface area contributed by atoms with E-state index in [2.05, 4.69) is 5.16 Å². The first-order chi connectivity index (χ1) is 12.8. The number of nitrogens with two attached hydrogens (primary N) is 1. The summed E-state index contributed by atoms with van der Waals surface area (Å²) in [4.78, 5) is 14.1. The van der Waals surface area contributed by atoms with Gasteiger partial charge in [0, 0.05) is 30.6 Å². The Morgan fingerprint density at radius 1 is 1.26 bits per heavy atom. The largest absolute Gasteiger partial charge is 0.417 e. The first-order valence-corrected chi connectivity index (χ1v) is 9.01. The molecule has 0 aliphatic carbocycles. The molecule has 0 saturated carbocycles. The van der Waals surface area contributed by atoms with Gasteiger partial charge in [0.2, 0.25) is 5.88 Å². The minimum Gasteiger partial charge on any atom is -0.368 e. The SMILES string of the molecule is CC.Nc1cc(C2CCN(C(=O)c3ccc(C(F)(F)F)c(Cl)c3)CC2)no1. The standard InChI is InChI=1S/C16H15ClF3N3O2.C2H6/c17-12-7-10(1-2-11(12)16(18,19)20)15(24)23-5-3-9(4-6-23)13-8-14(21)25-22-13;1-2/h1-2,7-9H,3-6,21H2;1-2H3. The van der Waals surface area contributed by atoms with Crippen molar-refractivity contribution >= 4 is 23.4 Å². The highest BCUT2D eigenvalue weighted by atomic mass is 35.5. The van der Waals surface area contributed by atoms with Crippen molar-refractivity contribution in [3.05, 3.63) is 46.1 Å². The Hall–Kier alpha value is -2.22. The number of halogens is 4. The van der Waals surface area contributed by atoms with Crippen molar-refractivity contribution in [2.45, 2.75) is 38.8 Å². The van der Waals surface area contributed by atoms with Crippen LogP contribution in [0.25, 0.3) is 0 Å². The minimum absolute atomic E-state index is 0.140. The maximum atomic E-state index is 12.7. The van der Waals surface area contributed by atoms with Gasteiger partial charge in [-0.3, -0.25) is 4.79 Å². The van der Waals surface area contributed by atoms with Crippen LogP contribution in [0.3, 0.4) is 0 Å². The summed E-state index contributed by atoms with van der Waals surface area (Å²) < 4.78 is 43.1. The van der Waals surface area contributed by atoms with Gasteiger partial charge in [-0.25, -0.2) is 0 Å². The fraction of sp³-hybridized carbons (Fsp3) is 0.444. The van der Waals surface area contributed by atoms with Gasteiger partial charge < -0.3 is 15.2 Å². The number of rotatable bonds is 2. The quantitative estimate of drug-likeness (QED) is 0.767. The maximum absolute atomic E-state index is 12.7. The van der Waals surface area contributed by atoms with E-state index in [1.807, 2.05) is 13.8 Å². The van der Waals surface area contributed by atoms with Gasteiger partial charge in [-0.15, -0.1) is 0 Å². The number of piperidine rings is 1. The van der Waals surface area contributed by atoms with E-state index in [-0.39, 0.29) is 23.3 Å². The second kappa shape index (κ2) is 8.65. The van der Waals surface area contributed by atoms with Crippen LogP contribution in [0, 0.1) is 0 Å². The zero-order valence-electron chi connectivity index (χ0n) is 15.0. The molecule has 148 valence electrons. The number of alkyl halides is 3. The van der Waals surface area contributed by atoms with Gasteiger partial charge in [0.25, 0.3) is 5.91 Å². The molecule has 0 bridgehead atoms. The van der Waals surface area contributed by atoms with Gasteiger partial charge in [0.1, 0.15) is 0 Å². The fourth-order valence-electron chi connectivity index (χ4n) is 2.94. The summed E-state index contributed by atoms with van der Waals surface area (Å²) >= 11 is 5.68. The van der Waals surface area contributed by atoms with Crippen molar-refractivity contribution in [2.75, 3.05) is 18.8 Å². The molecule has 2 N–H and O–H groups in total. The summed E-state index contributed by atoms with van der Waals surface area (Å²) in [5.41, 5.74) is 5.45. The molecule has 9 heteroatoms. The average molecular weight is 404 g/mol. The number of likely N-dealkylation sites (tertiary alicyclic amines) is 1. The van der Waals surface area contributed by atoms with E-state index in [4.69, 9.17) is 21.9 Å². The van der Waals surface area contributed by atoms with Gasteiger partial charge in [-0.1, -0.05) is 30.6 Å². The van der Waals surface area contributed by atoms with Crippen molar-refractivity contribution < 1.29 is 22.5 Å². The third kappa shape index (κ3) is 4.94. The van der Waals surface area contributed by atoms with Gasteiger partial charge in [0.15, 0.2) is 0 Å². The zero-order chi connectivity index (χ0) is 20.2. The predicted octanol–water partition coefficient (Wildman–Crippen LogP) is 4.98. The highest BCUT2D eigenvalue weighted by Gasteiger charge is 2.34. The Labute approximate surface area is 160 Å². The van der Waals surface area contributed by atoms with Crippen LogP contribution >= 0.6 is 11.6 Å². The fourth-order valence-corrected chi connectivity index (χ4v) is 3.22. The van der Waals surface area contributed by atoms with Crippen molar-refractivity contribution in [3.8, 4) is 0 Å². The number of hydrogen-bond donors (Lipinski definition) is 1. The lowest BCUT2D eigenvalue weighted by Gasteiger charge is -2.31. The molecular weight excluding hydrogens is 383 g/mol. The number of nitrogens with zero attached hydrogens (tertiary/aromatic N) is 2. The van der Waals surface area contributed by atoms with Crippen molar-refractivity contribution in [2.24, 2.45) is 0 Å². The number of benzene rings is 1. The Balaban J connectivity index is 0.00000126. The van der Waals surface area contributed by atoms with E-state index in [9.17, 15) is 18.0 Å². The van der Waals surface area contributed by atoms with Crippen molar-refractivity contribution in [3.63, 3.8) is 0 Å². The molecule has 1 saturated heterocycles. The number of anilines is 1. The van der Waals surface area contributed by atoms with E-state index >= 15 is 0 Å². The van der Waals surface area contributed by atoms with E-state index in [0.29, 0.717) is 25.9 Å². The Morgan fingerprint density at radius 2 is 1.89 bits per heavy atom. The van der Waals surface area contributed by atoms with E-state index in [0.717, 1.165) is 23.9 Å². The summed E-state index contributed by atoms with van der Waals surface area (Å²) in [7, 11) is 0. The molecule has 1 aromatic heterocycles. The molecule has 27 heavy (non-hydrogen) atoms. The average Bonchev–Trinajstić information content (AvgIpc) is 3.08. The first kappa shape index (κ1) is 21.1. The molecule has 3 rings (SSSR count). The maximum Gasteiger partial charge on any atom is 0.417 e. The zero-order valence-corrected chi connectivity index (χ0v) is 15.8. The number of carbonyl (C=O) groups is 1. The predicted molar refractivity (Wildman–Crippen MR) is 96.6 cm³/mol. The van der Waals surface area contributed by atoms with Gasteiger partial charge >= 0.3 is 6.18 Å². The van der Waals surface area contributed by atoms with E-state index in [1.165, 1.54) is 0 Å². The van der Waals surface area contributed by atoms with E-state index in [1.54, 1.807) is 11.0 Å². The van der Waals surface area contributed by atoms with Crippen LogP contribution in [0.2, 0.25) is 5.02 Å². The lowest BCUT2D eigenvalue weighted by Crippen LogP contribution is -2.38. The normalized spacial score (nSPS) is 15.3. The minimum atomic E-state index is -4.55. The molecule has 0 spiro atoms. The van der Waals surface area contributed by atoms with Crippen LogP contribution in [0.15, 0.2) is 28.8 Å². The van der Waals surface area contributed by atoms with Gasteiger partial charge in [0.05, 0.1) is 16.3 Å². The smallest absolute Gasteiger partial charge is 0.368 e. The molecule has 1 aliphatic rings. The number of hydrogen-bond acceptors (Lipinski definition) is 4. The number of carbonyl (C=O) groups excluding carboxylic acids is 1. The molecule has 1 aliphatic heterocycles. The topological polar surface area (TPSA) is 72.4 Å². The van der Waals surface area contributed by atoms with Crippen LogP contribution in [0.4, 0.5) is 19.1 Å². The molecule has 2 heterocycles. The molecule has 1 fully saturated rings. The highest BCUT2D eigenvalue weighted by molar-refractivity contribution is 6.31. The molecule has 5 nitrogen and oxygen atoms in total.